The molecule has 1 saturated carbocycles. The van der Waals surface area contributed by atoms with Gasteiger partial charge < -0.3 is 15.2 Å². The van der Waals surface area contributed by atoms with Crippen molar-refractivity contribution < 1.29 is 13.2 Å². The van der Waals surface area contributed by atoms with Gasteiger partial charge in [-0.15, -0.1) is 10.2 Å². The van der Waals surface area contributed by atoms with Gasteiger partial charge in [-0.25, -0.2) is 0 Å². The SMILES string of the molecule is C/C(N)=C(/SN)c1nnc(SCCCN2CCC3(CC3c3ccc(C(F)(F)F)cc3)C2)n1C. The van der Waals surface area contributed by atoms with Crippen LogP contribution in [0, 0.1) is 5.41 Å². The van der Waals surface area contributed by atoms with Crippen molar-refractivity contribution in [2.75, 3.05) is 25.4 Å². The van der Waals surface area contributed by atoms with Crippen molar-refractivity contribution in [1.29, 1.82) is 0 Å². The second-order valence-corrected chi connectivity index (χ2v) is 10.7. The Bertz CT molecular complexity index is 1020. The minimum Gasteiger partial charge on any atom is -0.401 e. The van der Waals surface area contributed by atoms with E-state index in [2.05, 4.69) is 15.1 Å². The number of hydrogen-bond acceptors (Lipinski definition) is 7. The smallest absolute Gasteiger partial charge is 0.401 e. The number of benzene rings is 1. The number of allylic oxidation sites excluding steroid dienone is 1. The zero-order valence-electron chi connectivity index (χ0n) is 18.7. The van der Waals surface area contributed by atoms with E-state index in [0.29, 0.717) is 17.4 Å². The molecule has 1 aliphatic heterocycles. The summed E-state index contributed by atoms with van der Waals surface area (Å²) in [7, 11) is 1.91. The van der Waals surface area contributed by atoms with Crippen LogP contribution in [-0.4, -0.2) is 45.1 Å². The lowest BCUT2D eigenvalue weighted by Crippen LogP contribution is -2.23. The molecule has 180 valence electrons. The molecule has 0 radical (unpaired) electrons. The normalized spacial score (nSPS) is 23.9. The van der Waals surface area contributed by atoms with E-state index in [-0.39, 0.29) is 5.41 Å². The summed E-state index contributed by atoms with van der Waals surface area (Å²) in [5.74, 6) is 1.98. The first-order valence-corrected chi connectivity index (χ1v) is 12.8. The number of likely N-dealkylation sites (tertiary alicyclic amines) is 1. The van der Waals surface area contributed by atoms with Gasteiger partial charge >= 0.3 is 6.18 Å². The molecule has 2 unspecified atom stereocenters. The first-order chi connectivity index (χ1) is 15.6. The number of rotatable bonds is 8. The Balaban J connectivity index is 1.24. The van der Waals surface area contributed by atoms with Crippen molar-refractivity contribution >= 4 is 28.6 Å². The Kier molecular flexibility index (Phi) is 7.05. The van der Waals surface area contributed by atoms with Crippen LogP contribution < -0.4 is 10.9 Å². The van der Waals surface area contributed by atoms with Gasteiger partial charge in [-0.2, -0.15) is 13.2 Å². The molecule has 2 aliphatic rings. The molecule has 0 amide bonds. The molecule has 1 aromatic carbocycles. The Morgan fingerprint density at radius 3 is 2.61 bits per heavy atom. The Morgan fingerprint density at radius 1 is 1.24 bits per heavy atom. The van der Waals surface area contributed by atoms with Crippen LogP contribution in [0.15, 0.2) is 35.1 Å². The number of hydrogen-bond donors (Lipinski definition) is 2. The zero-order valence-corrected chi connectivity index (χ0v) is 20.4. The van der Waals surface area contributed by atoms with Crippen LogP contribution in [0.4, 0.5) is 13.2 Å². The van der Waals surface area contributed by atoms with Crippen LogP contribution in [0.25, 0.3) is 4.91 Å². The topological polar surface area (TPSA) is 86.0 Å². The van der Waals surface area contributed by atoms with Gasteiger partial charge in [0.1, 0.15) is 0 Å². The summed E-state index contributed by atoms with van der Waals surface area (Å²) < 4.78 is 40.4. The highest BCUT2D eigenvalue weighted by atomic mass is 32.2. The monoisotopic (exact) mass is 498 g/mol. The molecular weight excluding hydrogens is 469 g/mol. The van der Waals surface area contributed by atoms with Crippen LogP contribution in [0.2, 0.25) is 0 Å². The third-order valence-electron chi connectivity index (χ3n) is 6.66. The van der Waals surface area contributed by atoms with Crippen LogP contribution in [-0.2, 0) is 13.2 Å². The lowest BCUT2D eigenvalue weighted by Gasteiger charge is -2.16. The number of alkyl halides is 3. The van der Waals surface area contributed by atoms with E-state index < -0.39 is 11.7 Å². The average molecular weight is 499 g/mol. The highest BCUT2D eigenvalue weighted by Gasteiger charge is 2.57. The fourth-order valence-electron chi connectivity index (χ4n) is 4.76. The van der Waals surface area contributed by atoms with E-state index in [1.807, 2.05) is 11.6 Å². The van der Waals surface area contributed by atoms with Gasteiger partial charge in [0, 0.05) is 25.0 Å². The maximum atomic E-state index is 12.8. The van der Waals surface area contributed by atoms with E-state index in [1.54, 1.807) is 30.8 Å². The van der Waals surface area contributed by atoms with Gasteiger partial charge in [0.2, 0.25) is 0 Å². The molecule has 2 heterocycles. The number of nitrogens with two attached hydrogens (primary N) is 2. The van der Waals surface area contributed by atoms with E-state index in [9.17, 15) is 13.2 Å². The lowest BCUT2D eigenvalue weighted by molar-refractivity contribution is -0.137. The molecular formula is C22H29F3N6S2. The maximum absolute atomic E-state index is 12.8. The van der Waals surface area contributed by atoms with Crippen molar-refractivity contribution in [3.05, 3.63) is 46.9 Å². The average Bonchev–Trinajstić information content (AvgIpc) is 3.13. The first kappa shape index (κ1) is 24.4. The van der Waals surface area contributed by atoms with E-state index >= 15 is 0 Å². The van der Waals surface area contributed by atoms with Crippen LogP contribution in [0.5, 0.6) is 0 Å². The standard InChI is InChI=1S/C22H29F3N6S2/c1-14(26)18(33-27)19-28-29-20(30(19)2)32-11-3-9-31-10-8-21(13-31)12-17(21)15-4-6-16(7-5-15)22(23,24)25/h4-7,17H,3,8-13,26-27H2,1-2H3/b18-14-. The quantitative estimate of drug-likeness (QED) is 0.316. The predicted octanol–water partition coefficient (Wildman–Crippen LogP) is 4.45. The Morgan fingerprint density at radius 2 is 1.97 bits per heavy atom. The van der Waals surface area contributed by atoms with E-state index in [0.717, 1.165) is 72.2 Å². The summed E-state index contributed by atoms with van der Waals surface area (Å²) in [4.78, 5) is 3.21. The third kappa shape index (κ3) is 5.21. The fraction of sp³-hybridized carbons (Fsp3) is 0.545. The highest BCUT2D eigenvalue weighted by Crippen LogP contribution is 2.64. The lowest BCUT2D eigenvalue weighted by atomic mass is 9.97. The molecule has 2 fully saturated rings. The number of nitrogens with zero attached hydrogens (tertiary/aromatic N) is 4. The summed E-state index contributed by atoms with van der Waals surface area (Å²) in [5, 5.41) is 15.0. The molecule has 6 nitrogen and oxygen atoms in total. The van der Waals surface area contributed by atoms with Crippen LogP contribution in [0.1, 0.15) is 49.1 Å². The molecule has 4 rings (SSSR count). The number of thioether (sulfide) groups is 1. The fourth-order valence-corrected chi connectivity index (χ4v) is 6.07. The van der Waals surface area contributed by atoms with E-state index in [1.165, 1.54) is 12.1 Å². The van der Waals surface area contributed by atoms with Crippen LogP contribution in [0.3, 0.4) is 0 Å². The van der Waals surface area contributed by atoms with Crippen molar-refractivity contribution in [2.24, 2.45) is 23.3 Å². The molecule has 2 aromatic rings. The Labute approximate surface area is 200 Å². The second-order valence-electron chi connectivity index (χ2n) is 8.96. The second kappa shape index (κ2) is 9.52. The minimum atomic E-state index is -4.28. The van der Waals surface area contributed by atoms with Gasteiger partial charge in [0.25, 0.3) is 0 Å². The Hall–Kier alpha value is -1.69. The summed E-state index contributed by atoms with van der Waals surface area (Å²) in [6.45, 7) is 4.87. The minimum absolute atomic E-state index is 0.244. The number of aromatic nitrogens is 3. The summed E-state index contributed by atoms with van der Waals surface area (Å²) >= 11 is 2.74. The summed E-state index contributed by atoms with van der Waals surface area (Å²) in [6, 6.07) is 5.74. The predicted molar refractivity (Wildman–Crippen MR) is 127 cm³/mol. The molecule has 1 saturated heterocycles. The van der Waals surface area contributed by atoms with Crippen molar-refractivity contribution in [1.82, 2.24) is 19.7 Å². The molecule has 1 aromatic heterocycles. The molecule has 11 heteroatoms. The molecule has 1 aliphatic carbocycles. The number of halogens is 3. The van der Waals surface area contributed by atoms with Gasteiger partial charge in [-0.05, 0) is 80.3 Å². The molecule has 4 N–H and O–H groups in total. The van der Waals surface area contributed by atoms with Gasteiger partial charge in [-0.1, -0.05) is 23.9 Å². The molecule has 1 spiro atoms. The van der Waals surface area contributed by atoms with Gasteiger partial charge in [-0.3, -0.25) is 5.14 Å². The largest absolute Gasteiger partial charge is 0.416 e. The highest BCUT2D eigenvalue weighted by molar-refractivity contribution is 8.06. The zero-order chi connectivity index (χ0) is 23.8. The molecule has 2 atom stereocenters. The van der Waals surface area contributed by atoms with Gasteiger partial charge in [0.15, 0.2) is 11.0 Å². The third-order valence-corrected chi connectivity index (χ3v) is 8.51. The summed E-state index contributed by atoms with van der Waals surface area (Å²) in [5.41, 5.74) is 7.21. The maximum Gasteiger partial charge on any atom is 0.416 e. The van der Waals surface area contributed by atoms with Crippen molar-refractivity contribution in [3.63, 3.8) is 0 Å². The van der Waals surface area contributed by atoms with Gasteiger partial charge in [0.05, 0.1) is 10.5 Å². The molecule has 33 heavy (non-hydrogen) atoms. The summed E-state index contributed by atoms with van der Waals surface area (Å²) in [6.07, 6.45) is -1.07. The van der Waals surface area contributed by atoms with Crippen LogP contribution >= 0.6 is 23.7 Å². The van der Waals surface area contributed by atoms with Crippen molar-refractivity contribution in [3.8, 4) is 0 Å². The first-order valence-electron chi connectivity index (χ1n) is 10.9. The van der Waals surface area contributed by atoms with E-state index in [4.69, 9.17) is 10.9 Å². The molecule has 0 bridgehead atoms. The van der Waals surface area contributed by atoms with Crippen molar-refractivity contribution in [2.45, 2.75) is 43.4 Å².